The number of thiazole rings is 1. The fourth-order valence-corrected chi connectivity index (χ4v) is 11.5. The number of cyclic esters (lactones) is 1. The Morgan fingerprint density at radius 3 is 2.48 bits per heavy atom. The molecule has 4 aliphatic heterocycles. The molecule has 75 heavy (non-hydrogen) atoms. The van der Waals surface area contributed by atoms with E-state index in [4.69, 9.17) is 35.8 Å². The molecule has 4 amide bonds. The Kier molecular flexibility index (Phi) is 16.8. The van der Waals surface area contributed by atoms with Gasteiger partial charge in [0.05, 0.1) is 71.3 Å². The number of fused-ring (bicyclic) bond motifs is 6. The smallest absolute Gasteiger partial charge is 0.406 e. The summed E-state index contributed by atoms with van der Waals surface area (Å²) in [7, 11) is 2.91. The van der Waals surface area contributed by atoms with Crippen LogP contribution in [0.4, 0.5) is 27.6 Å². The summed E-state index contributed by atoms with van der Waals surface area (Å²) in [4.78, 5) is 83.3. The fraction of sp³-hybridized carbons (Fsp3) is 0.588. The number of hydrazine groups is 1. The van der Waals surface area contributed by atoms with Gasteiger partial charge >= 0.3 is 12.1 Å². The second-order valence-corrected chi connectivity index (χ2v) is 22.2. The van der Waals surface area contributed by atoms with Crippen LogP contribution in [0.2, 0.25) is 0 Å². The number of carbonyl (C=O) groups is 5. The number of likely N-dealkylation sites (tertiary alicyclic amines) is 1. The number of likely N-dealkylation sites (N-methyl/N-ethyl adjacent to an activating group) is 1. The number of amides is 4. The van der Waals surface area contributed by atoms with Crippen LogP contribution in [0.15, 0.2) is 29.8 Å². The highest BCUT2D eigenvalue weighted by Gasteiger charge is 2.42. The molecule has 6 atom stereocenters. The summed E-state index contributed by atoms with van der Waals surface area (Å²) >= 11 is 6.47. The van der Waals surface area contributed by atoms with Gasteiger partial charge < -0.3 is 38.8 Å². The number of methoxy groups -OCH3 is 1. The number of nitrogens with one attached hydrogen (secondary N) is 2. The third-order valence-corrected chi connectivity index (χ3v) is 15.4. The van der Waals surface area contributed by atoms with Gasteiger partial charge in [-0.05, 0) is 62.3 Å². The van der Waals surface area contributed by atoms with Crippen molar-refractivity contribution in [1.29, 1.82) is 0 Å². The monoisotopic (exact) mass is 1090 g/mol. The fourth-order valence-electron chi connectivity index (χ4n) is 10.6. The number of aromatic nitrogens is 3. The van der Waals surface area contributed by atoms with Gasteiger partial charge in [0.2, 0.25) is 11.8 Å². The first-order valence-electron chi connectivity index (χ1n) is 25.0. The van der Waals surface area contributed by atoms with Crippen LogP contribution < -0.4 is 15.6 Å². The molecule has 0 radical (unpaired) electrons. The number of halogens is 6. The van der Waals surface area contributed by atoms with Crippen molar-refractivity contribution in [2.75, 3.05) is 71.6 Å². The summed E-state index contributed by atoms with van der Waals surface area (Å²) in [5, 5.41) is 6.23. The van der Waals surface area contributed by atoms with Crippen molar-refractivity contribution < 1.29 is 60.1 Å². The van der Waals surface area contributed by atoms with Gasteiger partial charge in [0, 0.05) is 80.6 Å². The molecule has 4 aliphatic rings. The number of nitrogens with zero attached hydrogens (tertiary/aromatic N) is 7. The second kappa shape index (κ2) is 22.6. The van der Waals surface area contributed by atoms with Crippen molar-refractivity contribution in [2.45, 2.75) is 109 Å². The van der Waals surface area contributed by atoms with E-state index in [2.05, 4.69) is 10.7 Å². The van der Waals surface area contributed by atoms with Crippen LogP contribution >= 0.6 is 22.9 Å². The Morgan fingerprint density at radius 2 is 1.80 bits per heavy atom. The number of hydrogen-bond acceptors (Lipinski definition) is 13. The van der Waals surface area contributed by atoms with Crippen LogP contribution in [-0.4, -0.2) is 156 Å². The van der Waals surface area contributed by atoms with Gasteiger partial charge in [-0.1, -0.05) is 39.3 Å². The van der Waals surface area contributed by atoms with Gasteiger partial charge in [0.25, 0.3) is 17.4 Å². The summed E-state index contributed by atoms with van der Waals surface area (Å²) in [5.74, 6) is -5.56. The Hall–Kier alpha value is -5.49. The maximum Gasteiger partial charge on any atom is 0.406 e. The van der Waals surface area contributed by atoms with Gasteiger partial charge in [-0.25, -0.2) is 19.2 Å². The van der Waals surface area contributed by atoms with Crippen LogP contribution in [0.25, 0.3) is 33.4 Å². The molecule has 4 aromatic rings. The van der Waals surface area contributed by atoms with Crippen LogP contribution in [0.5, 0.6) is 0 Å². The average Bonchev–Trinajstić information content (AvgIpc) is 4.12. The number of alkyl halides is 5. The molecule has 2 N–H and O–H groups in total. The molecular weight excluding hydrogens is 1030 g/mol. The maximum absolute atomic E-state index is 16.9. The van der Waals surface area contributed by atoms with Crippen molar-refractivity contribution >= 4 is 69.1 Å². The lowest BCUT2D eigenvalue weighted by molar-refractivity contribution is -0.155. The average molecular weight is 1090 g/mol. The molecule has 17 nitrogen and oxygen atoms in total. The molecule has 0 aliphatic carbocycles. The molecule has 0 spiro atoms. The zero-order chi connectivity index (χ0) is 54.3. The number of pyridine rings is 1. The molecule has 0 saturated carbocycles. The Morgan fingerprint density at radius 1 is 1.07 bits per heavy atom. The first-order valence-corrected chi connectivity index (χ1v) is 26.4. The lowest BCUT2D eigenvalue weighted by Crippen LogP contribution is -2.62. The summed E-state index contributed by atoms with van der Waals surface area (Å²) in [6.07, 6.45) is -3.12. The number of morpholine rings is 1. The lowest BCUT2D eigenvalue weighted by atomic mass is 9.84. The van der Waals surface area contributed by atoms with Crippen molar-refractivity contribution in [3.63, 3.8) is 0 Å². The summed E-state index contributed by atoms with van der Waals surface area (Å²) in [6.45, 7) is 9.14. The normalized spacial score (nSPS) is 21.9. The molecule has 8 rings (SSSR count). The lowest BCUT2D eigenvalue weighted by Gasteiger charge is -2.37. The van der Waals surface area contributed by atoms with E-state index in [0.717, 1.165) is 26.9 Å². The van der Waals surface area contributed by atoms with Crippen LogP contribution in [-0.2, 0) is 57.6 Å². The van der Waals surface area contributed by atoms with E-state index in [0.29, 0.717) is 60.6 Å². The Bertz CT molecular complexity index is 2800. The summed E-state index contributed by atoms with van der Waals surface area (Å²) in [6, 6.07) is 0.855. The molecule has 6 bridgehead atoms. The van der Waals surface area contributed by atoms with Crippen LogP contribution in [0.1, 0.15) is 76.3 Å². The number of anilines is 1. The number of carbonyl (C=O) groups excluding carboxylic acids is 5. The zero-order valence-corrected chi connectivity index (χ0v) is 44.5. The first-order chi connectivity index (χ1) is 35.4. The largest absolute Gasteiger partial charge is 0.464 e. The maximum atomic E-state index is 16.9. The number of hydrogen-bond donors (Lipinski definition) is 2. The van der Waals surface area contributed by atoms with Gasteiger partial charge in [-0.2, -0.15) is 13.2 Å². The van der Waals surface area contributed by atoms with E-state index in [9.17, 15) is 41.5 Å². The molecule has 3 saturated heterocycles. The van der Waals surface area contributed by atoms with Gasteiger partial charge in [0.15, 0.2) is 0 Å². The molecule has 7 heterocycles. The first kappa shape index (κ1) is 55.7. The number of ether oxygens (including phenoxy) is 3. The van der Waals surface area contributed by atoms with E-state index in [1.807, 2.05) is 18.7 Å². The van der Waals surface area contributed by atoms with Gasteiger partial charge in [0.1, 0.15) is 30.5 Å². The highest BCUT2D eigenvalue weighted by molar-refractivity contribution is 7.10. The second-order valence-electron chi connectivity index (χ2n) is 20.8. The zero-order valence-electron chi connectivity index (χ0n) is 42.9. The van der Waals surface area contributed by atoms with Crippen LogP contribution in [0.3, 0.4) is 0 Å². The molecule has 24 heteroatoms. The molecule has 1 aromatic carbocycles. The van der Waals surface area contributed by atoms with E-state index < -0.39 is 95.2 Å². The predicted octanol–water partition coefficient (Wildman–Crippen LogP) is 6.59. The highest BCUT2D eigenvalue weighted by Crippen LogP contribution is 2.45. The van der Waals surface area contributed by atoms with E-state index in [1.165, 1.54) is 30.1 Å². The van der Waals surface area contributed by atoms with Crippen molar-refractivity contribution in [2.24, 2.45) is 17.3 Å². The summed E-state index contributed by atoms with van der Waals surface area (Å²) < 4.78 is 94.0. The minimum atomic E-state index is -4.77. The molecule has 3 aromatic heterocycles. The van der Waals surface area contributed by atoms with Crippen molar-refractivity contribution in [3.8, 4) is 22.5 Å². The number of rotatable bonds is 11. The standard InChI is InChI=1S/C51H63ClF5N9O8S/c1-27(2)42(62(6)46(68)29-10-12-64(23-29)48(70)44(52)54)45(67)60-37-20-40-59-38(24-75-40)32-18-31-34(21-50(4,5)26-74-49(71)36-9-8-11-66(61-36)47(37)69)43(65(25-51(55,56)57)39(31)19-35(32)53)33-17-30(63-13-15-73-16-14-63)22-58-41(33)28(3)72-7/h17-19,22,24,27-29,36-37,42,44,61H,8-16,20-21,23,25-26H2,1-7H3,(H,60,67)/t28-,29-,36-,37-,42-,44-/m0/s1. The van der Waals surface area contributed by atoms with Crippen LogP contribution in [0, 0.1) is 23.1 Å². The third-order valence-electron chi connectivity index (χ3n) is 14.4. The molecule has 408 valence electrons. The van der Waals surface area contributed by atoms with E-state index in [-0.39, 0.29) is 79.4 Å². The quantitative estimate of drug-likeness (QED) is 0.0937. The Balaban J connectivity index is 1.23. The molecule has 3 fully saturated rings. The van der Waals surface area contributed by atoms with Crippen molar-refractivity contribution in [1.82, 2.24) is 40.1 Å². The number of benzene rings is 1. The predicted molar refractivity (Wildman–Crippen MR) is 270 cm³/mol. The minimum absolute atomic E-state index is 0.0364. The SMILES string of the molecule is CO[C@@H](C)c1ncc(N2CCOCC2)cc1-c1c2c3cc(c(F)cc3n1CC(F)(F)F)-c1csc(n1)C[C@H](NC(=O)[C@H](C(C)C)N(C)C(=O)[C@H]1CCN(C(=O)[C@H](F)Cl)C1)C(=O)N1CCC[C@H](N1)C(=O)OCC(C)(C)C2. The van der Waals surface area contributed by atoms with Gasteiger partial charge in [-0.3, -0.25) is 34.0 Å². The topological polar surface area (TPSA) is 181 Å². The van der Waals surface area contributed by atoms with E-state index >= 15 is 4.39 Å². The van der Waals surface area contributed by atoms with Gasteiger partial charge in [-0.15, -0.1) is 11.3 Å². The highest BCUT2D eigenvalue weighted by atomic mass is 35.5. The van der Waals surface area contributed by atoms with E-state index in [1.54, 1.807) is 38.4 Å². The molecular formula is C51H63ClF5N9O8S. The van der Waals surface area contributed by atoms with Crippen molar-refractivity contribution in [3.05, 3.63) is 51.9 Å². The molecule has 0 unspecified atom stereocenters. The number of esters is 1. The summed E-state index contributed by atoms with van der Waals surface area (Å²) in [5.41, 5.74) is 1.71. The minimum Gasteiger partial charge on any atom is -0.464 e. The third kappa shape index (κ3) is 12.2. The Labute approximate surface area is 440 Å².